The highest BCUT2D eigenvalue weighted by Gasteiger charge is 2.27. The minimum atomic E-state index is -0.524. The van der Waals surface area contributed by atoms with Gasteiger partial charge in [0, 0.05) is 37.3 Å². The third-order valence-corrected chi connectivity index (χ3v) is 4.60. The summed E-state index contributed by atoms with van der Waals surface area (Å²) in [5.41, 5.74) is 1.10. The third-order valence-electron chi connectivity index (χ3n) is 4.19. The number of anilines is 1. The van der Waals surface area contributed by atoms with Crippen LogP contribution in [0.5, 0.6) is 5.75 Å². The summed E-state index contributed by atoms with van der Waals surface area (Å²) < 4.78 is 10.7. The molecule has 1 aromatic carbocycles. The molecule has 0 radical (unpaired) electrons. The summed E-state index contributed by atoms with van der Waals surface area (Å²) >= 11 is 6.10. The van der Waals surface area contributed by atoms with Crippen molar-refractivity contribution in [2.45, 2.75) is 47.1 Å². The van der Waals surface area contributed by atoms with Crippen LogP contribution in [0.4, 0.5) is 10.5 Å². The first-order valence-electron chi connectivity index (χ1n) is 9.94. The van der Waals surface area contributed by atoms with Gasteiger partial charge >= 0.3 is 6.09 Å². The van der Waals surface area contributed by atoms with Gasteiger partial charge in [0.15, 0.2) is 0 Å². The van der Waals surface area contributed by atoms with E-state index in [1.54, 1.807) is 23.0 Å². The molecule has 2 amide bonds. The van der Waals surface area contributed by atoms with Gasteiger partial charge < -0.3 is 24.6 Å². The predicted octanol–water partition coefficient (Wildman–Crippen LogP) is 4.17. The van der Waals surface area contributed by atoms with E-state index < -0.39 is 5.60 Å². The van der Waals surface area contributed by atoms with E-state index in [0.717, 1.165) is 11.3 Å². The zero-order valence-electron chi connectivity index (χ0n) is 18.6. The number of piperazine rings is 1. The van der Waals surface area contributed by atoms with Crippen molar-refractivity contribution in [2.75, 3.05) is 45.2 Å². The normalized spacial score (nSPS) is 13.9. The molecule has 1 aromatic rings. The Morgan fingerprint density at radius 2 is 1.66 bits per heavy atom. The van der Waals surface area contributed by atoms with Crippen molar-refractivity contribution >= 4 is 29.3 Å². The average molecular weight is 428 g/mol. The minimum Gasteiger partial charge on any atom is -0.495 e. The molecule has 1 aliphatic rings. The van der Waals surface area contributed by atoms with Crippen molar-refractivity contribution in [2.24, 2.45) is 0 Å². The Labute approximate surface area is 179 Å². The number of aryl methyl sites for hydroxylation is 1. The number of carbonyl (C=O) groups excluding carboxylic acids is 2. The quantitative estimate of drug-likeness (QED) is 0.780. The van der Waals surface area contributed by atoms with Crippen LogP contribution in [-0.2, 0) is 9.53 Å². The summed E-state index contributed by atoms with van der Waals surface area (Å²) in [5.74, 6) is 0.557. The highest BCUT2D eigenvalue weighted by Crippen LogP contribution is 2.30. The molecule has 1 N–H and O–H groups in total. The van der Waals surface area contributed by atoms with E-state index in [0.29, 0.717) is 37.0 Å². The van der Waals surface area contributed by atoms with Gasteiger partial charge in [0.1, 0.15) is 11.4 Å². The van der Waals surface area contributed by atoms with Gasteiger partial charge in [0.25, 0.3) is 0 Å². The van der Waals surface area contributed by atoms with E-state index in [2.05, 4.69) is 5.32 Å². The van der Waals surface area contributed by atoms with Crippen LogP contribution in [0.15, 0.2) is 12.1 Å². The van der Waals surface area contributed by atoms with Crippen molar-refractivity contribution in [1.82, 2.24) is 9.80 Å². The van der Waals surface area contributed by atoms with Gasteiger partial charge in [0.05, 0.1) is 19.3 Å². The fourth-order valence-electron chi connectivity index (χ4n) is 2.72. The van der Waals surface area contributed by atoms with Crippen LogP contribution in [0.1, 0.15) is 40.2 Å². The molecule has 0 saturated carbocycles. The standard InChI is InChI=1S/C19H28ClN3O4.C2H6/c1-13-10-15(16(26-5)11-14(13)20)21-12-17(24)22-6-8-23(9-7-22)18(25)27-19(2,3)4;1-2/h10-11,21H,6-9,12H2,1-5H3;1-2H3. The Bertz CT molecular complexity index is 696. The fraction of sp³-hybridized carbons (Fsp3) is 0.619. The molecule has 8 heteroatoms. The molecular formula is C21H34ClN3O4. The Kier molecular flexibility index (Phi) is 9.56. The number of halogens is 1. The van der Waals surface area contributed by atoms with Gasteiger partial charge in [-0.25, -0.2) is 4.79 Å². The molecular weight excluding hydrogens is 394 g/mol. The Balaban J connectivity index is 0.00000204. The zero-order chi connectivity index (χ0) is 22.2. The molecule has 2 rings (SSSR count). The third kappa shape index (κ3) is 7.65. The predicted molar refractivity (Wildman–Crippen MR) is 117 cm³/mol. The first-order chi connectivity index (χ1) is 13.6. The smallest absolute Gasteiger partial charge is 0.410 e. The lowest BCUT2D eigenvalue weighted by molar-refractivity contribution is -0.131. The number of nitrogens with one attached hydrogen (secondary N) is 1. The van der Waals surface area contributed by atoms with Crippen LogP contribution in [0, 0.1) is 6.92 Å². The summed E-state index contributed by atoms with van der Waals surface area (Å²) in [7, 11) is 1.56. The number of benzene rings is 1. The van der Waals surface area contributed by atoms with Crippen molar-refractivity contribution in [3.05, 3.63) is 22.7 Å². The maximum absolute atomic E-state index is 12.5. The van der Waals surface area contributed by atoms with E-state index >= 15 is 0 Å². The summed E-state index contributed by atoms with van der Waals surface area (Å²) in [6.07, 6.45) is -0.339. The molecule has 0 spiro atoms. The van der Waals surface area contributed by atoms with Gasteiger partial charge in [-0.3, -0.25) is 4.79 Å². The number of carbonyl (C=O) groups is 2. The second-order valence-electron chi connectivity index (χ2n) is 7.50. The SMILES string of the molecule is CC.COc1cc(Cl)c(C)cc1NCC(=O)N1CCN(C(=O)OC(C)(C)C)CC1. The van der Waals surface area contributed by atoms with Gasteiger partial charge in [-0.15, -0.1) is 0 Å². The monoisotopic (exact) mass is 427 g/mol. The molecule has 1 saturated heterocycles. The minimum absolute atomic E-state index is 0.0338. The van der Waals surface area contributed by atoms with Crippen LogP contribution in [0.2, 0.25) is 5.02 Å². The molecule has 7 nitrogen and oxygen atoms in total. The number of hydrogen-bond donors (Lipinski definition) is 1. The van der Waals surface area contributed by atoms with Crippen molar-refractivity contribution in [3.63, 3.8) is 0 Å². The van der Waals surface area contributed by atoms with E-state index in [1.807, 2.05) is 47.6 Å². The lowest BCUT2D eigenvalue weighted by atomic mass is 10.2. The number of ether oxygens (including phenoxy) is 2. The maximum atomic E-state index is 12.5. The maximum Gasteiger partial charge on any atom is 0.410 e. The van der Waals surface area contributed by atoms with Gasteiger partial charge in [-0.2, -0.15) is 0 Å². The van der Waals surface area contributed by atoms with Crippen LogP contribution in [-0.4, -0.2) is 67.2 Å². The first-order valence-corrected chi connectivity index (χ1v) is 10.3. The highest BCUT2D eigenvalue weighted by atomic mass is 35.5. The number of nitrogens with zero attached hydrogens (tertiary/aromatic N) is 2. The lowest BCUT2D eigenvalue weighted by Gasteiger charge is -2.35. The molecule has 0 bridgehead atoms. The van der Waals surface area contributed by atoms with E-state index in [9.17, 15) is 9.59 Å². The first kappa shape index (κ1) is 24.9. The number of rotatable bonds is 4. The van der Waals surface area contributed by atoms with Crippen LogP contribution in [0.3, 0.4) is 0 Å². The van der Waals surface area contributed by atoms with E-state index in [1.165, 1.54) is 0 Å². The summed E-state index contributed by atoms with van der Waals surface area (Å²) in [6, 6.07) is 3.58. The molecule has 1 aliphatic heterocycles. The molecule has 1 heterocycles. The second-order valence-corrected chi connectivity index (χ2v) is 7.91. The molecule has 1 fully saturated rings. The van der Waals surface area contributed by atoms with E-state index in [-0.39, 0.29) is 18.5 Å². The average Bonchev–Trinajstić information content (AvgIpc) is 2.68. The Morgan fingerprint density at radius 1 is 1.10 bits per heavy atom. The van der Waals surface area contributed by atoms with Crippen molar-refractivity contribution in [3.8, 4) is 5.75 Å². The molecule has 29 heavy (non-hydrogen) atoms. The van der Waals surface area contributed by atoms with Crippen molar-refractivity contribution < 1.29 is 19.1 Å². The lowest BCUT2D eigenvalue weighted by Crippen LogP contribution is -2.52. The largest absolute Gasteiger partial charge is 0.495 e. The summed E-state index contributed by atoms with van der Waals surface area (Å²) in [6.45, 7) is 13.4. The van der Waals surface area contributed by atoms with Gasteiger partial charge in [-0.1, -0.05) is 25.4 Å². The highest BCUT2D eigenvalue weighted by molar-refractivity contribution is 6.31. The topological polar surface area (TPSA) is 71.1 Å². The second kappa shape index (κ2) is 11.1. The number of methoxy groups -OCH3 is 1. The van der Waals surface area contributed by atoms with Crippen LogP contribution >= 0.6 is 11.6 Å². The van der Waals surface area contributed by atoms with Gasteiger partial charge in [-0.05, 0) is 39.3 Å². The molecule has 0 atom stereocenters. The molecule has 0 unspecified atom stereocenters. The zero-order valence-corrected chi connectivity index (χ0v) is 19.4. The Morgan fingerprint density at radius 3 is 2.17 bits per heavy atom. The summed E-state index contributed by atoms with van der Waals surface area (Å²) in [4.78, 5) is 28.0. The number of amides is 2. The summed E-state index contributed by atoms with van der Waals surface area (Å²) in [5, 5.41) is 3.73. The molecule has 164 valence electrons. The van der Waals surface area contributed by atoms with Crippen LogP contribution < -0.4 is 10.1 Å². The van der Waals surface area contributed by atoms with Crippen molar-refractivity contribution in [1.29, 1.82) is 0 Å². The molecule has 0 aromatic heterocycles. The van der Waals surface area contributed by atoms with Crippen LogP contribution in [0.25, 0.3) is 0 Å². The Hall–Kier alpha value is -2.15. The number of hydrogen-bond acceptors (Lipinski definition) is 5. The van der Waals surface area contributed by atoms with E-state index in [4.69, 9.17) is 21.1 Å². The fourth-order valence-corrected chi connectivity index (χ4v) is 2.87. The van der Waals surface area contributed by atoms with Gasteiger partial charge in [0.2, 0.25) is 5.91 Å². The molecule has 0 aliphatic carbocycles.